The smallest absolute Gasteiger partial charge is 0.264 e. The number of halogens is 1. The first-order valence-electron chi connectivity index (χ1n) is 20.6. The zero-order chi connectivity index (χ0) is 40.3. The summed E-state index contributed by atoms with van der Waals surface area (Å²) in [5, 5.41) is -0.105. The van der Waals surface area contributed by atoms with Crippen molar-refractivity contribution in [3.63, 3.8) is 0 Å². The van der Waals surface area contributed by atoms with Gasteiger partial charge in [0.25, 0.3) is 5.91 Å². The SMILES string of the molecule is CO[C@]1(CN2CCN3CCN(S(C)(=O)=O)C[C@@H]3C2)/C=C\C[C@H](C)[C@@H](C)S(=O)(=O)NC(=O)c2ccc3c(c2)N(C[C@@H]2CC[C@H]21)C[C@@]1(CCCc2cc(Cl)ccc21)CO3. The van der Waals surface area contributed by atoms with Crippen LogP contribution in [-0.4, -0.2) is 133 Å². The van der Waals surface area contributed by atoms with Crippen molar-refractivity contribution >= 4 is 43.2 Å². The number of hydrogen-bond donors (Lipinski definition) is 1. The second-order valence-corrected chi connectivity index (χ2v) is 22.2. The van der Waals surface area contributed by atoms with Crippen LogP contribution in [0, 0.1) is 17.8 Å². The van der Waals surface area contributed by atoms with E-state index in [4.69, 9.17) is 21.1 Å². The van der Waals surface area contributed by atoms with Crippen LogP contribution in [0.3, 0.4) is 0 Å². The van der Waals surface area contributed by atoms with Crippen LogP contribution < -0.4 is 14.4 Å². The Hall–Kier alpha value is -2.72. The van der Waals surface area contributed by atoms with Gasteiger partial charge in [0, 0.05) is 88.1 Å². The molecule has 0 radical (unpaired) electrons. The first kappa shape index (κ1) is 41.0. The van der Waals surface area contributed by atoms with E-state index in [-0.39, 0.29) is 34.8 Å². The maximum atomic E-state index is 13.7. The van der Waals surface area contributed by atoms with Gasteiger partial charge in [0.15, 0.2) is 0 Å². The number of carbonyl (C=O) groups is 1. The highest BCUT2D eigenvalue weighted by molar-refractivity contribution is 7.90. The molecule has 312 valence electrons. The third kappa shape index (κ3) is 8.01. The molecule has 12 nitrogen and oxygen atoms in total. The molecule has 1 spiro atoms. The molecule has 8 rings (SSSR count). The molecule has 0 aromatic heterocycles. The second-order valence-electron chi connectivity index (χ2n) is 17.7. The van der Waals surface area contributed by atoms with Crippen molar-refractivity contribution in [1.82, 2.24) is 18.8 Å². The number of hydrogen-bond acceptors (Lipinski definition) is 10. The number of sulfonamides is 2. The maximum absolute atomic E-state index is 13.7. The molecule has 3 fully saturated rings. The largest absolute Gasteiger partial charge is 0.490 e. The molecule has 1 N–H and O–H groups in total. The lowest BCUT2D eigenvalue weighted by Gasteiger charge is -2.53. The summed E-state index contributed by atoms with van der Waals surface area (Å²) >= 11 is 6.51. The van der Waals surface area contributed by atoms with Crippen molar-refractivity contribution in [2.75, 3.05) is 83.8 Å². The average Bonchev–Trinajstić information content (AvgIpc) is 3.31. The Balaban J connectivity index is 1.17. The highest BCUT2D eigenvalue weighted by atomic mass is 35.5. The Kier molecular flexibility index (Phi) is 11.3. The van der Waals surface area contributed by atoms with E-state index in [0.29, 0.717) is 51.5 Å². The normalized spacial score (nSPS) is 34.4. The molecule has 2 aromatic carbocycles. The van der Waals surface area contributed by atoms with Crippen LogP contribution in [0.5, 0.6) is 5.75 Å². The standard InChI is InChI=1S/C42H58ClN5O7S2/c1-29-7-5-16-42(54-3,27-45-17-18-46-19-20-48(56(4,50)51)25-35(46)24-45)37-12-9-33(37)23-47-26-41(15-6-8-31-21-34(43)11-13-36(31)41)28-55-39-14-10-32(22-38(39)47)40(49)44-57(52,53)30(29)2/h5,10-11,13-14,16,21-22,29-30,33,35,37H,6-9,12,15,17-20,23-28H2,1-4H3,(H,44,49)/b16-5-/t29-,30+,33-,35-,37+,41-,42-/m0/s1. The molecular formula is C42H58ClN5O7S2. The number of rotatable bonds is 4. The molecule has 57 heavy (non-hydrogen) atoms. The molecular weight excluding hydrogens is 786 g/mol. The van der Waals surface area contributed by atoms with E-state index in [2.05, 4.69) is 43.7 Å². The number of methoxy groups -OCH3 is 1. The minimum atomic E-state index is -4.01. The molecule has 6 aliphatic rings. The van der Waals surface area contributed by atoms with Crippen molar-refractivity contribution in [2.24, 2.45) is 17.8 Å². The number of fused-ring (bicyclic) bond motifs is 5. The summed E-state index contributed by atoms with van der Waals surface area (Å²) in [6.07, 6.45) is 11.0. The van der Waals surface area contributed by atoms with Crippen LogP contribution in [0.15, 0.2) is 48.6 Å². The van der Waals surface area contributed by atoms with Crippen LogP contribution in [0.4, 0.5) is 5.69 Å². The zero-order valence-electron chi connectivity index (χ0n) is 33.7. The number of nitrogens with one attached hydrogen (secondary N) is 1. The van der Waals surface area contributed by atoms with Gasteiger partial charge in [-0.25, -0.2) is 21.6 Å². The number of ether oxygens (including phenoxy) is 2. The van der Waals surface area contributed by atoms with Gasteiger partial charge in [-0.15, -0.1) is 0 Å². The highest BCUT2D eigenvalue weighted by Gasteiger charge is 2.50. The number of benzene rings is 2. The van der Waals surface area contributed by atoms with Gasteiger partial charge in [-0.05, 0) is 105 Å². The number of piperazine rings is 2. The summed E-state index contributed by atoms with van der Waals surface area (Å²) in [5.41, 5.74) is 2.58. The Bertz CT molecular complexity index is 2120. The molecule has 7 atom stereocenters. The molecule has 0 unspecified atom stereocenters. The van der Waals surface area contributed by atoms with Gasteiger partial charge in [0.1, 0.15) is 11.4 Å². The number of aryl methyl sites for hydroxylation is 1. The Morgan fingerprint density at radius 1 is 1.04 bits per heavy atom. The molecule has 1 saturated carbocycles. The topological polar surface area (TPSA) is 129 Å². The van der Waals surface area contributed by atoms with E-state index < -0.39 is 36.8 Å². The third-order valence-corrected chi connectivity index (χ3v) is 17.7. The van der Waals surface area contributed by atoms with Crippen molar-refractivity contribution in [3.8, 4) is 5.75 Å². The highest BCUT2D eigenvalue weighted by Crippen LogP contribution is 2.49. The molecule has 2 saturated heterocycles. The van der Waals surface area contributed by atoms with Gasteiger partial charge in [-0.1, -0.05) is 36.7 Å². The fourth-order valence-electron chi connectivity index (χ4n) is 10.6. The minimum Gasteiger partial charge on any atom is -0.490 e. The van der Waals surface area contributed by atoms with Gasteiger partial charge in [-0.2, -0.15) is 4.31 Å². The summed E-state index contributed by atoms with van der Waals surface area (Å²) in [5.74, 6) is 0.169. The van der Waals surface area contributed by atoms with Gasteiger partial charge in [0.2, 0.25) is 20.0 Å². The van der Waals surface area contributed by atoms with E-state index in [1.165, 1.54) is 17.4 Å². The Morgan fingerprint density at radius 3 is 2.60 bits per heavy atom. The van der Waals surface area contributed by atoms with Crippen molar-refractivity contribution < 1.29 is 31.1 Å². The summed E-state index contributed by atoms with van der Waals surface area (Å²) < 4.78 is 69.8. The molecule has 1 amide bonds. The third-order valence-electron chi connectivity index (χ3n) is 14.3. The van der Waals surface area contributed by atoms with E-state index in [9.17, 15) is 21.6 Å². The fraction of sp³-hybridized carbons (Fsp3) is 0.643. The second kappa shape index (κ2) is 15.7. The number of allylic oxidation sites excluding steroid dienone is 1. The molecule has 2 aromatic rings. The maximum Gasteiger partial charge on any atom is 0.264 e. The van der Waals surface area contributed by atoms with Crippen molar-refractivity contribution in [3.05, 3.63) is 70.3 Å². The first-order valence-corrected chi connectivity index (χ1v) is 24.4. The molecule has 2 bridgehead atoms. The quantitative estimate of drug-likeness (QED) is 0.439. The van der Waals surface area contributed by atoms with Crippen LogP contribution in [0.2, 0.25) is 5.02 Å². The lowest BCUT2D eigenvalue weighted by Crippen LogP contribution is -2.65. The van der Waals surface area contributed by atoms with Crippen LogP contribution in [0.25, 0.3) is 0 Å². The Morgan fingerprint density at radius 2 is 1.84 bits per heavy atom. The van der Waals surface area contributed by atoms with Crippen molar-refractivity contribution in [2.45, 2.75) is 74.7 Å². The number of amides is 1. The molecule has 15 heteroatoms. The monoisotopic (exact) mass is 843 g/mol. The van der Waals surface area contributed by atoms with E-state index in [1.54, 1.807) is 24.4 Å². The molecule has 4 heterocycles. The summed E-state index contributed by atoms with van der Waals surface area (Å²) in [4.78, 5) is 21.0. The minimum absolute atomic E-state index is 0.0945. The predicted octanol–water partition coefficient (Wildman–Crippen LogP) is 4.53. The Labute approximate surface area is 344 Å². The van der Waals surface area contributed by atoms with E-state index in [0.717, 1.165) is 69.0 Å². The van der Waals surface area contributed by atoms with Crippen LogP contribution in [-0.2, 0) is 36.6 Å². The van der Waals surface area contributed by atoms with Crippen LogP contribution >= 0.6 is 11.6 Å². The predicted molar refractivity (Wildman–Crippen MR) is 223 cm³/mol. The fourth-order valence-corrected chi connectivity index (χ4v) is 12.9. The van der Waals surface area contributed by atoms with Crippen molar-refractivity contribution in [1.29, 1.82) is 0 Å². The van der Waals surface area contributed by atoms with E-state index in [1.807, 2.05) is 25.1 Å². The van der Waals surface area contributed by atoms with Crippen LogP contribution in [0.1, 0.15) is 67.4 Å². The molecule has 2 aliphatic carbocycles. The summed E-state index contributed by atoms with van der Waals surface area (Å²) in [6.45, 7) is 10.2. The molecule has 4 aliphatic heterocycles. The number of nitrogens with zero attached hydrogens (tertiary/aromatic N) is 4. The zero-order valence-corrected chi connectivity index (χ0v) is 36.0. The first-order chi connectivity index (χ1) is 27.1. The van der Waals surface area contributed by atoms with E-state index >= 15 is 0 Å². The lowest BCUT2D eigenvalue weighted by molar-refractivity contribution is -0.101. The summed E-state index contributed by atoms with van der Waals surface area (Å²) in [7, 11) is -5.50. The average molecular weight is 845 g/mol. The summed E-state index contributed by atoms with van der Waals surface area (Å²) in [6, 6.07) is 11.6. The van der Waals surface area contributed by atoms with Gasteiger partial charge >= 0.3 is 0 Å². The lowest BCUT2D eigenvalue weighted by atomic mass is 9.63. The number of anilines is 1. The van der Waals surface area contributed by atoms with Gasteiger partial charge in [0.05, 0.1) is 23.8 Å². The van der Waals surface area contributed by atoms with Gasteiger partial charge in [-0.3, -0.25) is 14.6 Å². The van der Waals surface area contributed by atoms with Gasteiger partial charge < -0.3 is 14.4 Å². The number of carbonyl (C=O) groups excluding carboxylic acids is 1.